The Labute approximate surface area is 161 Å². The van der Waals surface area contributed by atoms with Crippen molar-refractivity contribution < 1.29 is 5.11 Å². The van der Waals surface area contributed by atoms with Crippen LogP contribution in [0.15, 0.2) is 12.1 Å². The molecule has 0 aliphatic heterocycles. The molecule has 0 spiro atoms. The Balaban J connectivity index is 2.71. The number of phenols is 1. The van der Waals surface area contributed by atoms with E-state index in [9.17, 15) is 5.11 Å². The maximum absolute atomic E-state index is 10.8. The number of hydrogen-bond donors (Lipinski definition) is 1. The molecule has 2 heteroatoms. The fourth-order valence-electron chi connectivity index (χ4n) is 3.10. The molecule has 0 fully saturated rings. The van der Waals surface area contributed by atoms with Crippen LogP contribution in [-0.2, 0) is 16.6 Å². The van der Waals surface area contributed by atoms with E-state index in [1.807, 2.05) is 11.8 Å². The summed E-state index contributed by atoms with van der Waals surface area (Å²) in [6, 6.07) is 4.44. The van der Waals surface area contributed by atoms with Crippen LogP contribution >= 0.6 is 11.8 Å². The van der Waals surface area contributed by atoms with Gasteiger partial charge in [-0.1, -0.05) is 92.7 Å². The highest BCUT2D eigenvalue weighted by Crippen LogP contribution is 2.40. The van der Waals surface area contributed by atoms with Crippen LogP contribution in [0.5, 0.6) is 5.75 Å². The third kappa shape index (κ3) is 7.64. The van der Waals surface area contributed by atoms with E-state index in [0.717, 1.165) is 16.9 Å². The molecule has 0 aromatic heterocycles. The van der Waals surface area contributed by atoms with E-state index in [2.05, 4.69) is 60.6 Å². The van der Waals surface area contributed by atoms with Gasteiger partial charge in [0.05, 0.1) is 0 Å². The normalized spacial score (nSPS) is 12.6. The molecule has 0 saturated heterocycles. The van der Waals surface area contributed by atoms with Crippen LogP contribution in [0.4, 0.5) is 0 Å². The van der Waals surface area contributed by atoms with E-state index in [-0.39, 0.29) is 10.8 Å². The summed E-state index contributed by atoms with van der Waals surface area (Å²) in [5.74, 6) is 2.77. The number of hydrogen-bond acceptors (Lipinski definition) is 2. The summed E-state index contributed by atoms with van der Waals surface area (Å²) in [7, 11) is 0. The standard InChI is InChI=1S/C23H40OS/c1-8-9-10-11-12-13-14-25-17-18-15-19(22(2,3)4)21(24)20(16-18)23(5,6)7/h15-16,24H,8-14,17H2,1-7H3. The Morgan fingerprint density at radius 1 is 0.800 bits per heavy atom. The van der Waals surface area contributed by atoms with E-state index < -0.39 is 0 Å². The summed E-state index contributed by atoms with van der Waals surface area (Å²) >= 11 is 2.03. The van der Waals surface area contributed by atoms with Gasteiger partial charge in [0.2, 0.25) is 0 Å². The molecule has 1 rings (SSSR count). The third-order valence-corrected chi connectivity index (χ3v) is 5.81. The summed E-state index contributed by atoms with van der Waals surface area (Å²) in [6.45, 7) is 15.4. The van der Waals surface area contributed by atoms with Crippen molar-refractivity contribution in [3.63, 3.8) is 0 Å². The molecule has 0 atom stereocenters. The molecule has 0 unspecified atom stereocenters. The molecule has 1 aromatic carbocycles. The molecule has 0 saturated carbocycles. The van der Waals surface area contributed by atoms with Gasteiger partial charge in [-0.15, -0.1) is 0 Å². The molecule has 1 N–H and O–H groups in total. The van der Waals surface area contributed by atoms with E-state index in [0.29, 0.717) is 5.75 Å². The lowest BCUT2D eigenvalue weighted by Crippen LogP contribution is -2.17. The minimum Gasteiger partial charge on any atom is -0.507 e. The number of rotatable bonds is 9. The molecule has 1 nitrogen and oxygen atoms in total. The fourth-order valence-corrected chi connectivity index (χ4v) is 4.05. The van der Waals surface area contributed by atoms with Gasteiger partial charge in [-0.2, -0.15) is 11.8 Å². The topological polar surface area (TPSA) is 20.2 Å². The van der Waals surface area contributed by atoms with Crippen LogP contribution in [0.2, 0.25) is 0 Å². The lowest BCUT2D eigenvalue weighted by molar-refractivity contribution is 0.423. The molecule has 144 valence electrons. The Hall–Kier alpha value is -0.630. The molecular weight excluding hydrogens is 324 g/mol. The van der Waals surface area contributed by atoms with Crippen molar-refractivity contribution in [2.45, 2.75) is 104 Å². The average Bonchev–Trinajstić information content (AvgIpc) is 2.48. The molecular formula is C23H40OS. The van der Waals surface area contributed by atoms with Crippen LogP contribution in [-0.4, -0.2) is 10.9 Å². The number of unbranched alkanes of at least 4 members (excludes halogenated alkanes) is 5. The average molecular weight is 365 g/mol. The van der Waals surface area contributed by atoms with Crippen molar-refractivity contribution in [1.29, 1.82) is 0 Å². The van der Waals surface area contributed by atoms with Gasteiger partial charge in [0.1, 0.15) is 5.75 Å². The fraction of sp³-hybridized carbons (Fsp3) is 0.739. The van der Waals surface area contributed by atoms with Crippen LogP contribution in [0, 0.1) is 0 Å². The van der Waals surface area contributed by atoms with Crippen molar-refractivity contribution >= 4 is 11.8 Å². The monoisotopic (exact) mass is 364 g/mol. The van der Waals surface area contributed by atoms with Crippen LogP contribution in [0.1, 0.15) is 104 Å². The molecule has 0 aliphatic rings. The largest absolute Gasteiger partial charge is 0.507 e. The third-order valence-electron chi connectivity index (χ3n) is 4.70. The minimum atomic E-state index is -0.0377. The predicted octanol–water partition coefficient (Wildman–Crippen LogP) is 7.58. The molecule has 25 heavy (non-hydrogen) atoms. The van der Waals surface area contributed by atoms with Crippen molar-refractivity contribution in [2.75, 3.05) is 5.75 Å². The maximum atomic E-state index is 10.8. The van der Waals surface area contributed by atoms with E-state index in [4.69, 9.17) is 0 Å². The van der Waals surface area contributed by atoms with E-state index in [1.54, 1.807) is 0 Å². The highest BCUT2D eigenvalue weighted by atomic mass is 32.2. The molecule has 0 bridgehead atoms. The Kier molecular flexibility index (Phi) is 8.87. The first-order chi connectivity index (χ1) is 11.6. The van der Waals surface area contributed by atoms with Crippen LogP contribution < -0.4 is 0 Å². The molecule has 1 aromatic rings. The van der Waals surface area contributed by atoms with E-state index >= 15 is 0 Å². The number of aromatic hydroxyl groups is 1. The highest BCUT2D eigenvalue weighted by molar-refractivity contribution is 7.98. The zero-order chi connectivity index (χ0) is 19.1. The first-order valence-corrected chi connectivity index (χ1v) is 11.2. The first-order valence-electron chi connectivity index (χ1n) is 10.0. The molecule has 0 amide bonds. The Morgan fingerprint density at radius 2 is 1.28 bits per heavy atom. The smallest absolute Gasteiger partial charge is 0.123 e. The summed E-state index contributed by atoms with van der Waals surface area (Å²) in [5, 5.41) is 10.8. The summed E-state index contributed by atoms with van der Waals surface area (Å²) in [4.78, 5) is 0. The Bertz CT molecular complexity index is 485. The van der Waals surface area contributed by atoms with Gasteiger partial charge >= 0.3 is 0 Å². The Morgan fingerprint density at radius 3 is 1.76 bits per heavy atom. The van der Waals surface area contributed by atoms with Crippen LogP contribution in [0.25, 0.3) is 0 Å². The van der Waals surface area contributed by atoms with Gasteiger partial charge in [-0.3, -0.25) is 0 Å². The maximum Gasteiger partial charge on any atom is 0.123 e. The van der Waals surface area contributed by atoms with Crippen molar-refractivity contribution in [1.82, 2.24) is 0 Å². The zero-order valence-electron chi connectivity index (χ0n) is 17.7. The van der Waals surface area contributed by atoms with Gasteiger partial charge in [0, 0.05) is 5.75 Å². The van der Waals surface area contributed by atoms with Crippen molar-refractivity contribution in [3.8, 4) is 5.75 Å². The van der Waals surface area contributed by atoms with Gasteiger partial charge in [0.25, 0.3) is 0 Å². The summed E-state index contributed by atoms with van der Waals surface area (Å²) in [5.41, 5.74) is 3.43. The summed E-state index contributed by atoms with van der Waals surface area (Å²) in [6.07, 6.45) is 8.17. The quantitative estimate of drug-likeness (QED) is 0.456. The second-order valence-corrected chi connectivity index (χ2v) is 10.5. The molecule has 0 aliphatic carbocycles. The van der Waals surface area contributed by atoms with Crippen molar-refractivity contribution in [3.05, 3.63) is 28.8 Å². The lowest BCUT2D eigenvalue weighted by Gasteiger charge is -2.28. The molecule has 0 heterocycles. The SMILES string of the molecule is CCCCCCCCSCc1cc(C(C)(C)C)c(O)c(C(C)(C)C)c1. The van der Waals surface area contributed by atoms with Gasteiger partial charge in [-0.25, -0.2) is 0 Å². The second-order valence-electron chi connectivity index (χ2n) is 9.36. The molecule has 0 radical (unpaired) electrons. The highest BCUT2D eigenvalue weighted by Gasteiger charge is 2.26. The second kappa shape index (κ2) is 9.90. The lowest BCUT2D eigenvalue weighted by atomic mass is 9.78. The van der Waals surface area contributed by atoms with Gasteiger partial charge in [-0.05, 0) is 39.7 Å². The number of benzene rings is 1. The van der Waals surface area contributed by atoms with Gasteiger partial charge in [0.15, 0.2) is 0 Å². The summed E-state index contributed by atoms with van der Waals surface area (Å²) < 4.78 is 0. The minimum absolute atomic E-state index is 0.0377. The number of thioether (sulfide) groups is 1. The van der Waals surface area contributed by atoms with Gasteiger partial charge < -0.3 is 5.11 Å². The predicted molar refractivity (Wildman–Crippen MR) is 115 cm³/mol. The van der Waals surface area contributed by atoms with Crippen molar-refractivity contribution in [2.24, 2.45) is 0 Å². The zero-order valence-corrected chi connectivity index (χ0v) is 18.5. The number of phenolic OH excluding ortho intramolecular Hbond substituents is 1. The van der Waals surface area contributed by atoms with Crippen LogP contribution in [0.3, 0.4) is 0 Å². The first kappa shape index (κ1) is 22.4. The van der Waals surface area contributed by atoms with E-state index in [1.165, 1.54) is 49.8 Å².